The molecule has 0 radical (unpaired) electrons. The molecule has 1 aromatic heterocycles. The van der Waals surface area contributed by atoms with Crippen LogP contribution in [0.15, 0.2) is 12.3 Å². The Kier molecular flexibility index (Phi) is 5.80. The molecule has 4 atom stereocenters. The predicted molar refractivity (Wildman–Crippen MR) is 104 cm³/mol. The van der Waals surface area contributed by atoms with Crippen LogP contribution in [0.1, 0.15) is 56.1 Å². The molecule has 4 unspecified atom stereocenters. The predicted octanol–water partition coefficient (Wildman–Crippen LogP) is 1.52. The third-order valence-electron chi connectivity index (χ3n) is 6.07. The van der Waals surface area contributed by atoms with E-state index < -0.39 is 0 Å². The standard InChI is InChI=1S/C20H33N5O2/c1-15-12-23(13-16(2)27-15)14-18-6-4-9-24(18)20(26)19-7-10-25(22-19)17-5-3-8-21-11-17/h7,10,15-18,21H,3-6,8-9,11-14H2,1-2H3. The molecule has 0 aliphatic carbocycles. The summed E-state index contributed by atoms with van der Waals surface area (Å²) in [5.74, 6) is 0.0920. The highest BCUT2D eigenvalue weighted by molar-refractivity contribution is 5.92. The van der Waals surface area contributed by atoms with Gasteiger partial charge in [0, 0.05) is 45.0 Å². The summed E-state index contributed by atoms with van der Waals surface area (Å²) in [6.07, 6.45) is 6.96. The summed E-state index contributed by atoms with van der Waals surface area (Å²) < 4.78 is 7.83. The fourth-order valence-corrected chi connectivity index (χ4v) is 4.89. The number of rotatable bonds is 4. The first-order valence-corrected chi connectivity index (χ1v) is 10.5. The van der Waals surface area contributed by atoms with E-state index in [9.17, 15) is 4.79 Å². The number of ether oxygens (including phenoxy) is 1. The van der Waals surface area contributed by atoms with Crippen molar-refractivity contribution in [2.45, 2.75) is 63.8 Å². The van der Waals surface area contributed by atoms with Gasteiger partial charge in [0.25, 0.3) is 5.91 Å². The molecule has 3 aliphatic rings. The van der Waals surface area contributed by atoms with Crippen LogP contribution < -0.4 is 5.32 Å². The Morgan fingerprint density at radius 3 is 2.81 bits per heavy atom. The molecule has 3 aliphatic heterocycles. The van der Waals surface area contributed by atoms with Gasteiger partial charge in [-0.2, -0.15) is 5.10 Å². The van der Waals surface area contributed by atoms with E-state index >= 15 is 0 Å². The smallest absolute Gasteiger partial charge is 0.274 e. The Morgan fingerprint density at radius 2 is 2.07 bits per heavy atom. The molecule has 7 nitrogen and oxygen atoms in total. The molecule has 3 fully saturated rings. The van der Waals surface area contributed by atoms with Crippen LogP contribution in [-0.4, -0.2) is 83.0 Å². The van der Waals surface area contributed by atoms with Gasteiger partial charge in [-0.25, -0.2) is 0 Å². The van der Waals surface area contributed by atoms with E-state index in [0.29, 0.717) is 11.7 Å². The number of amides is 1. The minimum absolute atomic E-state index is 0.0920. The van der Waals surface area contributed by atoms with Gasteiger partial charge in [-0.05, 0) is 52.1 Å². The van der Waals surface area contributed by atoms with Crippen molar-refractivity contribution in [3.05, 3.63) is 18.0 Å². The molecule has 1 aromatic rings. The lowest BCUT2D eigenvalue weighted by molar-refractivity contribution is -0.0715. The van der Waals surface area contributed by atoms with E-state index in [1.807, 2.05) is 16.9 Å². The van der Waals surface area contributed by atoms with E-state index in [4.69, 9.17) is 4.74 Å². The van der Waals surface area contributed by atoms with Gasteiger partial charge in [0.15, 0.2) is 0 Å². The maximum absolute atomic E-state index is 13.1. The minimum atomic E-state index is 0.0920. The third-order valence-corrected chi connectivity index (χ3v) is 6.07. The molecule has 0 bridgehead atoms. The van der Waals surface area contributed by atoms with Crippen molar-refractivity contribution in [3.8, 4) is 0 Å². The number of carbonyl (C=O) groups is 1. The van der Waals surface area contributed by atoms with Gasteiger partial charge >= 0.3 is 0 Å². The lowest BCUT2D eigenvalue weighted by Gasteiger charge is -2.38. The zero-order valence-electron chi connectivity index (χ0n) is 16.6. The summed E-state index contributed by atoms with van der Waals surface area (Å²) in [6, 6.07) is 2.55. The molecule has 150 valence electrons. The second kappa shape index (κ2) is 8.29. The zero-order chi connectivity index (χ0) is 18.8. The molecule has 4 rings (SSSR count). The summed E-state index contributed by atoms with van der Waals surface area (Å²) in [5, 5.41) is 8.05. The summed E-state index contributed by atoms with van der Waals surface area (Å²) in [4.78, 5) is 17.6. The van der Waals surface area contributed by atoms with Crippen molar-refractivity contribution in [3.63, 3.8) is 0 Å². The van der Waals surface area contributed by atoms with Crippen LogP contribution in [0, 0.1) is 0 Å². The van der Waals surface area contributed by atoms with Gasteiger partial charge in [-0.15, -0.1) is 0 Å². The number of carbonyl (C=O) groups excluding carboxylic acids is 1. The van der Waals surface area contributed by atoms with Crippen molar-refractivity contribution < 1.29 is 9.53 Å². The van der Waals surface area contributed by atoms with E-state index in [-0.39, 0.29) is 24.2 Å². The SMILES string of the molecule is CC1CN(CC2CCCN2C(=O)c2ccn(C3CCCNC3)n2)CC(C)O1. The highest BCUT2D eigenvalue weighted by Crippen LogP contribution is 2.23. The minimum Gasteiger partial charge on any atom is -0.373 e. The molecule has 7 heteroatoms. The Labute approximate surface area is 162 Å². The van der Waals surface area contributed by atoms with E-state index in [1.54, 1.807) is 0 Å². The van der Waals surface area contributed by atoms with Crippen LogP contribution in [0.2, 0.25) is 0 Å². The molecule has 0 saturated carbocycles. The van der Waals surface area contributed by atoms with Crippen LogP contribution in [0.3, 0.4) is 0 Å². The molecule has 27 heavy (non-hydrogen) atoms. The highest BCUT2D eigenvalue weighted by atomic mass is 16.5. The van der Waals surface area contributed by atoms with Crippen molar-refractivity contribution in [2.24, 2.45) is 0 Å². The molecule has 0 aromatic carbocycles. The average Bonchev–Trinajstić information content (AvgIpc) is 3.31. The van der Waals surface area contributed by atoms with Gasteiger partial charge in [0.2, 0.25) is 0 Å². The second-order valence-electron chi connectivity index (χ2n) is 8.45. The maximum Gasteiger partial charge on any atom is 0.274 e. The second-order valence-corrected chi connectivity index (χ2v) is 8.45. The highest BCUT2D eigenvalue weighted by Gasteiger charge is 2.33. The normalized spacial score (nSPS) is 32.7. The van der Waals surface area contributed by atoms with Crippen LogP contribution in [0.5, 0.6) is 0 Å². The number of hydrogen-bond acceptors (Lipinski definition) is 5. The van der Waals surface area contributed by atoms with Gasteiger partial charge < -0.3 is 15.0 Å². The molecule has 4 heterocycles. The van der Waals surface area contributed by atoms with E-state index in [2.05, 4.69) is 34.1 Å². The Bertz CT molecular complexity index is 632. The van der Waals surface area contributed by atoms with E-state index in [1.165, 1.54) is 6.42 Å². The summed E-state index contributed by atoms with van der Waals surface area (Å²) in [6.45, 7) is 9.97. The lowest BCUT2D eigenvalue weighted by Crippen LogP contribution is -2.51. The summed E-state index contributed by atoms with van der Waals surface area (Å²) in [5.41, 5.74) is 0.594. The van der Waals surface area contributed by atoms with E-state index in [0.717, 1.165) is 58.5 Å². The first kappa shape index (κ1) is 18.9. The Hall–Kier alpha value is -1.44. The maximum atomic E-state index is 13.1. The molecule has 1 N–H and O–H groups in total. The number of hydrogen-bond donors (Lipinski definition) is 1. The number of nitrogens with zero attached hydrogens (tertiary/aromatic N) is 4. The molecule has 3 saturated heterocycles. The topological polar surface area (TPSA) is 62.6 Å². The lowest BCUT2D eigenvalue weighted by atomic mass is 10.1. The summed E-state index contributed by atoms with van der Waals surface area (Å²) >= 11 is 0. The molecule has 0 spiro atoms. The van der Waals surface area contributed by atoms with Crippen molar-refractivity contribution in [2.75, 3.05) is 39.3 Å². The van der Waals surface area contributed by atoms with Gasteiger partial charge in [0.05, 0.1) is 18.2 Å². The van der Waals surface area contributed by atoms with Crippen LogP contribution >= 0.6 is 0 Å². The fraction of sp³-hybridized carbons (Fsp3) is 0.800. The first-order valence-electron chi connectivity index (χ1n) is 10.5. The van der Waals surface area contributed by atoms with Crippen molar-refractivity contribution in [1.29, 1.82) is 0 Å². The Morgan fingerprint density at radius 1 is 1.26 bits per heavy atom. The summed E-state index contributed by atoms with van der Waals surface area (Å²) in [7, 11) is 0. The van der Waals surface area contributed by atoms with Gasteiger partial charge in [-0.3, -0.25) is 14.4 Å². The monoisotopic (exact) mass is 375 g/mol. The number of aromatic nitrogens is 2. The fourth-order valence-electron chi connectivity index (χ4n) is 4.89. The van der Waals surface area contributed by atoms with Crippen LogP contribution in [-0.2, 0) is 4.74 Å². The van der Waals surface area contributed by atoms with Crippen molar-refractivity contribution in [1.82, 2.24) is 24.9 Å². The van der Waals surface area contributed by atoms with Gasteiger partial charge in [-0.1, -0.05) is 0 Å². The number of nitrogens with one attached hydrogen (secondary N) is 1. The van der Waals surface area contributed by atoms with Crippen molar-refractivity contribution >= 4 is 5.91 Å². The van der Waals surface area contributed by atoms with Crippen LogP contribution in [0.4, 0.5) is 0 Å². The third kappa shape index (κ3) is 4.36. The molecule has 1 amide bonds. The Balaban J connectivity index is 1.39. The molecular formula is C20H33N5O2. The first-order chi connectivity index (χ1) is 13.1. The quantitative estimate of drug-likeness (QED) is 0.865. The van der Waals surface area contributed by atoms with Crippen LogP contribution in [0.25, 0.3) is 0 Å². The number of piperidine rings is 1. The number of morpholine rings is 1. The van der Waals surface area contributed by atoms with Gasteiger partial charge in [0.1, 0.15) is 5.69 Å². The molecular weight excluding hydrogens is 342 g/mol. The average molecular weight is 376 g/mol. The largest absolute Gasteiger partial charge is 0.373 e. The zero-order valence-corrected chi connectivity index (χ0v) is 16.6. The number of likely N-dealkylation sites (tertiary alicyclic amines) is 1.